The van der Waals surface area contributed by atoms with Crippen molar-refractivity contribution >= 4 is 40.9 Å². The number of rotatable bonds is 7. The monoisotopic (exact) mass is 613 g/mol. The van der Waals surface area contributed by atoms with Crippen LogP contribution in [0.1, 0.15) is 103 Å². The molecule has 5 rings (SSSR count). The Kier molecular flexibility index (Phi) is 7.72. The first-order chi connectivity index (χ1) is 19.2. The van der Waals surface area contributed by atoms with E-state index in [-0.39, 0.29) is 52.7 Å². The minimum absolute atomic E-state index is 0.0362. The third kappa shape index (κ3) is 5.26. The molecule has 3 aliphatic rings. The average Bonchev–Trinajstić information content (AvgIpc) is 3.27. The van der Waals surface area contributed by atoms with Gasteiger partial charge in [-0.2, -0.15) is 18.3 Å². The van der Waals surface area contributed by atoms with Gasteiger partial charge in [0.25, 0.3) is 5.91 Å². The molecule has 3 fully saturated rings. The molecule has 1 N–H and O–H groups in total. The fraction of sp³-hybridized carbons (Fsp3) is 0.586. The van der Waals surface area contributed by atoms with Crippen LogP contribution < -0.4 is 0 Å². The van der Waals surface area contributed by atoms with Crippen LogP contribution in [0.25, 0.3) is 0 Å². The Morgan fingerprint density at radius 3 is 2.15 bits per heavy atom. The molecule has 0 unspecified atom stereocenters. The van der Waals surface area contributed by atoms with Crippen LogP contribution in [0, 0.1) is 17.8 Å². The highest BCUT2D eigenvalue weighted by Crippen LogP contribution is 2.58. The first-order valence-electron chi connectivity index (χ1n) is 13.8. The van der Waals surface area contributed by atoms with Crippen molar-refractivity contribution in [1.82, 2.24) is 14.7 Å². The number of amides is 1. The fourth-order valence-electron chi connectivity index (χ4n) is 6.84. The molecule has 2 aromatic rings. The standard InChI is InChI=1S/C29H32Cl2F3N3O4/c1-16-12-19(30)23(20(31)13-16)21(38)15-36(22-6-11-28(22)7-3-8-28)25(39)18-14-35-37(24(18)29(32,33)34)17-4-9-27(2,10-5-17)26(40)41/h12-14,17,22H,3-11,15H2,1-2H3,(H,40,41)/t17?,22-,27?/m0/s1. The number of hydrogen-bond donors (Lipinski definition) is 1. The van der Waals surface area contributed by atoms with Crippen LogP contribution in [0.5, 0.6) is 0 Å². The van der Waals surface area contributed by atoms with E-state index in [0.717, 1.165) is 42.1 Å². The highest BCUT2D eigenvalue weighted by atomic mass is 35.5. The predicted molar refractivity (Wildman–Crippen MR) is 146 cm³/mol. The average molecular weight is 614 g/mol. The lowest BCUT2D eigenvalue weighted by molar-refractivity contribution is -0.152. The normalized spacial score (nSPS) is 25.3. The maximum absolute atomic E-state index is 14.6. The number of Topliss-reactive ketones (excluding diaryl/α,β-unsaturated/α-hetero) is 1. The lowest BCUT2D eigenvalue weighted by Crippen LogP contribution is -2.61. The summed E-state index contributed by atoms with van der Waals surface area (Å²) in [6, 6.07) is 2.07. The fourth-order valence-corrected chi connectivity index (χ4v) is 7.64. The first kappa shape index (κ1) is 29.9. The largest absolute Gasteiger partial charge is 0.481 e. The van der Waals surface area contributed by atoms with E-state index < -0.39 is 53.1 Å². The number of aryl methyl sites for hydroxylation is 1. The zero-order valence-electron chi connectivity index (χ0n) is 22.9. The van der Waals surface area contributed by atoms with Gasteiger partial charge in [0, 0.05) is 6.04 Å². The summed E-state index contributed by atoms with van der Waals surface area (Å²) in [4.78, 5) is 40.5. The summed E-state index contributed by atoms with van der Waals surface area (Å²) < 4.78 is 44.5. The van der Waals surface area contributed by atoms with Gasteiger partial charge in [-0.1, -0.05) is 29.6 Å². The van der Waals surface area contributed by atoms with Crippen molar-refractivity contribution in [3.05, 3.63) is 50.8 Å². The molecule has 1 spiro atoms. The van der Waals surface area contributed by atoms with Crippen LogP contribution in [0.4, 0.5) is 13.2 Å². The minimum Gasteiger partial charge on any atom is -0.481 e. The molecule has 1 amide bonds. The van der Waals surface area contributed by atoms with Gasteiger partial charge in [-0.15, -0.1) is 0 Å². The molecule has 0 radical (unpaired) electrons. The van der Waals surface area contributed by atoms with Gasteiger partial charge in [0.1, 0.15) is 0 Å². The third-order valence-corrected chi connectivity index (χ3v) is 10.2. The highest BCUT2D eigenvalue weighted by molar-refractivity contribution is 6.40. The Hall–Kier alpha value is -2.59. The van der Waals surface area contributed by atoms with Gasteiger partial charge in [0.15, 0.2) is 11.5 Å². The number of aliphatic carboxylic acids is 1. The van der Waals surface area contributed by atoms with Gasteiger partial charge in [0.2, 0.25) is 0 Å². The van der Waals surface area contributed by atoms with E-state index in [1.807, 2.05) is 0 Å². The van der Waals surface area contributed by atoms with Crippen LogP contribution in [0.15, 0.2) is 18.3 Å². The van der Waals surface area contributed by atoms with E-state index in [0.29, 0.717) is 6.42 Å². The summed E-state index contributed by atoms with van der Waals surface area (Å²) in [5.74, 6) is -2.43. The second-order valence-electron chi connectivity index (χ2n) is 12.2. The van der Waals surface area contributed by atoms with Crippen LogP contribution >= 0.6 is 23.2 Å². The van der Waals surface area contributed by atoms with Crippen LogP contribution in [0.3, 0.4) is 0 Å². The number of carbonyl (C=O) groups is 3. The molecule has 1 aromatic carbocycles. The summed E-state index contributed by atoms with van der Waals surface area (Å²) in [7, 11) is 0. The Bertz CT molecular complexity index is 1370. The zero-order valence-corrected chi connectivity index (χ0v) is 24.4. The molecule has 222 valence electrons. The predicted octanol–water partition coefficient (Wildman–Crippen LogP) is 7.38. The number of halogens is 5. The maximum atomic E-state index is 14.6. The van der Waals surface area contributed by atoms with Gasteiger partial charge in [-0.3, -0.25) is 19.1 Å². The Balaban J connectivity index is 1.49. The van der Waals surface area contributed by atoms with Crippen LogP contribution in [-0.2, 0) is 11.0 Å². The van der Waals surface area contributed by atoms with Gasteiger partial charge in [-0.25, -0.2) is 0 Å². The van der Waals surface area contributed by atoms with E-state index in [1.165, 1.54) is 4.90 Å². The number of nitrogens with zero attached hydrogens (tertiary/aromatic N) is 3. The molecule has 0 bridgehead atoms. The van der Waals surface area contributed by atoms with Crippen LogP contribution in [-0.4, -0.2) is 50.0 Å². The minimum atomic E-state index is -4.90. The third-order valence-electron chi connectivity index (χ3n) is 9.60. The SMILES string of the molecule is Cc1cc(Cl)c(C(=O)CN(C(=O)c2cnn(C3CCC(C)(C(=O)O)CC3)c2C(F)(F)F)[C@H]2CCC23CCC3)c(Cl)c1. The van der Waals surface area contributed by atoms with Crippen molar-refractivity contribution in [2.45, 2.75) is 89.9 Å². The number of carboxylic acid groups (broad SMARTS) is 1. The van der Waals surface area contributed by atoms with E-state index >= 15 is 0 Å². The first-order valence-corrected chi connectivity index (χ1v) is 14.6. The van der Waals surface area contributed by atoms with Crippen molar-refractivity contribution in [2.75, 3.05) is 6.54 Å². The van der Waals surface area contributed by atoms with Gasteiger partial charge < -0.3 is 10.0 Å². The van der Waals surface area contributed by atoms with Gasteiger partial charge >= 0.3 is 12.1 Å². The van der Waals surface area contributed by atoms with Crippen molar-refractivity contribution in [2.24, 2.45) is 10.8 Å². The lowest BCUT2D eigenvalue weighted by Gasteiger charge is -2.59. The van der Waals surface area contributed by atoms with Crippen molar-refractivity contribution in [3.63, 3.8) is 0 Å². The summed E-state index contributed by atoms with van der Waals surface area (Å²) in [5.41, 5.74) is -2.22. The molecule has 1 heterocycles. The van der Waals surface area contributed by atoms with Gasteiger partial charge in [0.05, 0.1) is 45.4 Å². The smallest absolute Gasteiger partial charge is 0.433 e. The second kappa shape index (κ2) is 10.6. The molecule has 1 aromatic heterocycles. The number of aromatic nitrogens is 2. The molecule has 1 atom stereocenters. The van der Waals surface area contributed by atoms with Crippen molar-refractivity contribution in [3.8, 4) is 0 Å². The Morgan fingerprint density at radius 1 is 1.07 bits per heavy atom. The molecular weight excluding hydrogens is 582 g/mol. The van der Waals surface area contributed by atoms with E-state index in [9.17, 15) is 32.7 Å². The summed E-state index contributed by atoms with van der Waals surface area (Å²) in [6.07, 6.45) is 0.859. The number of ketones is 1. The van der Waals surface area contributed by atoms with E-state index in [2.05, 4.69) is 5.10 Å². The number of benzene rings is 1. The molecule has 7 nitrogen and oxygen atoms in total. The number of carboxylic acids is 1. The second-order valence-corrected chi connectivity index (χ2v) is 13.0. The summed E-state index contributed by atoms with van der Waals surface area (Å²) in [5, 5.41) is 13.8. The van der Waals surface area contributed by atoms with Crippen molar-refractivity contribution in [1.29, 1.82) is 0 Å². The molecule has 3 saturated carbocycles. The number of alkyl halides is 3. The lowest BCUT2D eigenvalue weighted by atomic mass is 9.52. The Labute approximate surface area is 246 Å². The quantitative estimate of drug-likeness (QED) is 0.329. The number of hydrogen-bond acceptors (Lipinski definition) is 4. The summed E-state index contributed by atoms with van der Waals surface area (Å²) >= 11 is 12.7. The number of carbonyl (C=O) groups excluding carboxylic acids is 2. The molecule has 12 heteroatoms. The van der Waals surface area contributed by atoms with Crippen LogP contribution in [0.2, 0.25) is 10.0 Å². The van der Waals surface area contributed by atoms with E-state index in [4.69, 9.17) is 23.2 Å². The highest BCUT2D eigenvalue weighted by Gasteiger charge is 2.55. The summed E-state index contributed by atoms with van der Waals surface area (Å²) in [6.45, 7) is 2.89. The van der Waals surface area contributed by atoms with Gasteiger partial charge in [-0.05, 0) is 88.3 Å². The molecular formula is C29H32Cl2F3N3O4. The van der Waals surface area contributed by atoms with E-state index in [1.54, 1.807) is 26.0 Å². The van der Waals surface area contributed by atoms with Crippen molar-refractivity contribution < 1.29 is 32.7 Å². The topological polar surface area (TPSA) is 92.5 Å². The Morgan fingerprint density at radius 2 is 1.68 bits per heavy atom. The zero-order chi connectivity index (χ0) is 29.9. The molecule has 0 aliphatic heterocycles. The molecule has 0 saturated heterocycles. The molecule has 41 heavy (non-hydrogen) atoms. The maximum Gasteiger partial charge on any atom is 0.433 e. The molecule has 3 aliphatic carbocycles.